The van der Waals surface area contributed by atoms with Crippen LogP contribution in [-0.2, 0) is 9.84 Å². The van der Waals surface area contributed by atoms with E-state index in [-0.39, 0.29) is 11.5 Å². The van der Waals surface area contributed by atoms with Gasteiger partial charge in [0, 0.05) is 5.75 Å². The number of rotatable bonds is 6. The first-order chi connectivity index (χ1) is 8.79. The fourth-order valence-corrected chi connectivity index (χ4v) is 3.87. The van der Waals surface area contributed by atoms with Gasteiger partial charge >= 0.3 is 5.97 Å². The van der Waals surface area contributed by atoms with Crippen LogP contribution in [0.3, 0.4) is 0 Å². The molecule has 8 heteroatoms. The van der Waals surface area contributed by atoms with Crippen LogP contribution in [-0.4, -0.2) is 36.8 Å². The van der Waals surface area contributed by atoms with Gasteiger partial charge in [-0.25, -0.2) is 22.0 Å². The third-order valence-electron chi connectivity index (χ3n) is 2.28. The van der Waals surface area contributed by atoms with Crippen LogP contribution in [0.1, 0.15) is 17.3 Å². The van der Waals surface area contributed by atoms with Crippen molar-refractivity contribution in [1.29, 1.82) is 0 Å². The number of benzene rings is 1. The first kappa shape index (κ1) is 15.9. The fourth-order valence-electron chi connectivity index (χ4n) is 1.34. The van der Waals surface area contributed by atoms with E-state index < -0.39 is 37.9 Å². The summed E-state index contributed by atoms with van der Waals surface area (Å²) in [4.78, 5) is 9.81. The maximum absolute atomic E-state index is 13.5. The van der Waals surface area contributed by atoms with E-state index in [1.807, 2.05) is 6.92 Å². The number of hydrogen-bond acceptors (Lipinski definition) is 4. The third-order valence-corrected chi connectivity index (χ3v) is 5.15. The molecular weight excluding hydrogens is 298 g/mol. The molecule has 106 valence electrons. The topological polar surface area (TPSA) is 71.4 Å². The molecule has 0 saturated heterocycles. The summed E-state index contributed by atoms with van der Waals surface area (Å²) in [5.74, 6) is -3.98. The lowest BCUT2D eigenvalue weighted by molar-refractivity contribution is 0.0696. The molecule has 0 fully saturated rings. The molecule has 0 aliphatic heterocycles. The molecule has 4 nitrogen and oxygen atoms in total. The van der Waals surface area contributed by atoms with Crippen molar-refractivity contribution in [2.24, 2.45) is 0 Å². The molecule has 0 bridgehead atoms. The highest BCUT2D eigenvalue weighted by Crippen LogP contribution is 2.22. The molecular formula is C11H12F2O4S2. The molecule has 19 heavy (non-hydrogen) atoms. The van der Waals surface area contributed by atoms with Crippen LogP contribution in [0.4, 0.5) is 8.78 Å². The Bertz CT molecular complexity index is 585. The van der Waals surface area contributed by atoms with Gasteiger partial charge in [0.15, 0.2) is 21.5 Å². The van der Waals surface area contributed by atoms with E-state index in [4.69, 9.17) is 5.11 Å². The Morgan fingerprint density at radius 3 is 2.53 bits per heavy atom. The van der Waals surface area contributed by atoms with Crippen molar-refractivity contribution in [3.05, 3.63) is 29.3 Å². The minimum absolute atomic E-state index is 0.233. The lowest BCUT2D eigenvalue weighted by Crippen LogP contribution is -2.13. The normalized spacial score (nSPS) is 11.5. The largest absolute Gasteiger partial charge is 0.478 e. The molecule has 0 unspecified atom stereocenters. The van der Waals surface area contributed by atoms with E-state index in [2.05, 4.69) is 0 Å². The Morgan fingerprint density at radius 1 is 1.37 bits per heavy atom. The Balaban J connectivity index is 3.21. The Kier molecular flexibility index (Phi) is 5.30. The Labute approximate surface area is 113 Å². The molecule has 0 spiro atoms. The van der Waals surface area contributed by atoms with E-state index in [0.717, 1.165) is 0 Å². The van der Waals surface area contributed by atoms with Crippen LogP contribution in [0.25, 0.3) is 0 Å². The molecule has 1 N–H and O–H groups in total. The second-order valence-electron chi connectivity index (χ2n) is 3.59. The first-order valence-corrected chi connectivity index (χ1v) is 8.13. The number of carboxylic acid groups (broad SMARTS) is 1. The lowest BCUT2D eigenvalue weighted by Gasteiger charge is -2.07. The maximum Gasteiger partial charge on any atom is 0.335 e. The van der Waals surface area contributed by atoms with Crippen molar-refractivity contribution >= 4 is 27.6 Å². The summed E-state index contributed by atoms with van der Waals surface area (Å²) in [6.45, 7) is 1.84. The predicted molar refractivity (Wildman–Crippen MR) is 68.4 cm³/mol. The van der Waals surface area contributed by atoms with Crippen LogP contribution in [0, 0.1) is 11.6 Å². The number of thioether (sulfide) groups is 1. The monoisotopic (exact) mass is 310 g/mol. The van der Waals surface area contributed by atoms with Crippen LogP contribution in [0.15, 0.2) is 17.0 Å². The summed E-state index contributed by atoms with van der Waals surface area (Å²) in [5, 5.41) is 8.72. The zero-order valence-corrected chi connectivity index (χ0v) is 11.7. The molecule has 0 aliphatic rings. The van der Waals surface area contributed by atoms with E-state index in [9.17, 15) is 22.0 Å². The van der Waals surface area contributed by atoms with Gasteiger partial charge < -0.3 is 5.11 Å². The summed E-state index contributed by atoms with van der Waals surface area (Å²) >= 11 is 1.34. The second-order valence-corrected chi connectivity index (χ2v) is 7.06. The second kappa shape index (κ2) is 6.33. The van der Waals surface area contributed by atoms with Crippen LogP contribution < -0.4 is 0 Å². The average molecular weight is 310 g/mol. The number of carboxylic acids is 1. The average Bonchev–Trinajstić information content (AvgIpc) is 2.32. The highest BCUT2D eigenvalue weighted by atomic mass is 32.2. The zero-order valence-electron chi connectivity index (χ0n) is 10.0. The van der Waals surface area contributed by atoms with E-state index in [1.165, 1.54) is 11.8 Å². The minimum Gasteiger partial charge on any atom is -0.478 e. The van der Waals surface area contributed by atoms with Gasteiger partial charge in [-0.05, 0) is 17.9 Å². The van der Waals surface area contributed by atoms with E-state index in [0.29, 0.717) is 17.9 Å². The fraction of sp³-hybridized carbons (Fsp3) is 0.364. The SMILES string of the molecule is CCSCCS(=O)(=O)c1cc(C(=O)O)cc(F)c1F. The molecule has 0 aliphatic carbocycles. The Morgan fingerprint density at radius 2 is 2.00 bits per heavy atom. The van der Waals surface area contributed by atoms with Crippen LogP contribution in [0.5, 0.6) is 0 Å². The number of carbonyl (C=O) groups is 1. The highest BCUT2D eigenvalue weighted by molar-refractivity contribution is 8.00. The molecule has 0 aromatic heterocycles. The molecule has 0 radical (unpaired) electrons. The smallest absolute Gasteiger partial charge is 0.335 e. The maximum atomic E-state index is 13.5. The van der Waals surface area contributed by atoms with Gasteiger partial charge in [-0.3, -0.25) is 0 Å². The molecule has 0 atom stereocenters. The third kappa shape index (κ3) is 3.90. The van der Waals surface area contributed by atoms with Gasteiger partial charge in [0.25, 0.3) is 0 Å². The standard InChI is InChI=1S/C11H12F2O4S2/c1-2-18-3-4-19(16,17)9-6-7(11(14)15)5-8(12)10(9)13/h5-6H,2-4H2,1H3,(H,14,15). The minimum atomic E-state index is -4.04. The van der Waals surface area contributed by atoms with Gasteiger partial charge in [0.1, 0.15) is 4.90 Å². The van der Waals surface area contributed by atoms with Gasteiger partial charge in [0.2, 0.25) is 0 Å². The molecule has 0 amide bonds. The summed E-state index contributed by atoms with van der Waals surface area (Å²) in [5.41, 5.74) is -0.597. The lowest BCUT2D eigenvalue weighted by atomic mass is 10.2. The zero-order chi connectivity index (χ0) is 14.6. The molecule has 1 aromatic rings. The summed E-state index contributed by atoms with van der Waals surface area (Å²) in [7, 11) is -4.04. The quantitative estimate of drug-likeness (QED) is 0.816. The van der Waals surface area contributed by atoms with Gasteiger partial charge in [-0.1, -0.05) is 6.92 Å². The van der Waals surface area contributed by atoms with Crippen molar-refractivity contribution in [2.45, 2.75) is 11.8 Å². The summed E-state index contributed by atoms with van der Waals surface area (Å²) in [6, 6.07) is 1.10. The summed E-state index contributed by atoms with van der Waals surface area (Å²) in [6.07, 6.45) is 0. The molecule has 1 aromatic carbocycles. The van der Waals surface area contributed by atoms with Crippen molar-refractivity contribution in [1.82, 2.24) is 0 Å². The predicted octanol–water partition coefficient (Wildman–Crippen LogP) is 2.19. The van der Waals surface area contributed by atoms with Crippen molar-refractivity contribution in [2.75, 3.05) is 17.3 Å². The highest BCUT2D eigenvalue weighted by Gasteiger charge is 2.24. The van der Waals surface area contributed by atoms with Crippen LogP contribution >= 0.6 is 11.8 Å². The van der Waals surface area contributed by atoms with Gasteiger partial charge in [-0.15, -0.1) is 0 Å². The van der Waals surface area contributed by atoms with Crippen molar-refractivity contribution in [3.63, 3.8) is 0 Å². The molecule has 1 rings (SSSR count). The van der Waals surface area contributed by atoms with Crippen LogP contribution in [0.2, 0.25) is 0 Å². The number of sulfone groups is 1. The number of halogens is 2. The number of hydrogen-bond donors (Lipinski definition) is 1. The summed E-state index contributed by atoms with van der Waals surface area (Å²) < 4.78 is 50.4. The first-order valence-electron chi connectivity index (χ1n) is 5.32. The van der Waals surface area contributed by atoms with Crippen molar-refractivity contribution in [3.8, 4) is 0 Å². The Hall–Kier alpha value is -1.15. The van der Waals surface area contributed by atoms with E-state index >= 15 is 0 Å². The number of aromatic carboxylic acids is 1. The van der Waals surface area contributed by atoms with Gasteiger partial charge in [0.05, 0.1) is 11.3 Å². The van der Waals surface area contributed by atoms with Gasteiger partial charge in [-0.2, -0.15) is 11.8 Å². The van der Waals surface area contributed by atoms with E-state index in [1.54, 1.807) is 0 Å². The molecule has 0 saturated carbocycles. The van der Waals surface area contributed by atoms with Crippen molar-refractivity contribution < 1.29 is 27.1 Å². The molecule has 0 heterocycles.